The molecule has 4 aliphatic rings. The number of carbonyl (C=O) groups is 4. The molecular weight excluding hydrogens is 829 g/mol. The SMILES string of the molecule is CCc1ccc(N2C(=O)C3CC=C4C(CC5C(=O)N(Nc6ncc(C(F)(F)F)cc6Cl)C(=O)C5(c5ccc(Cl)cc5)C4c4cc(OC(F)(F)F)ccc4O)C3C2=O)cc1. The fourth-order valence-corrected chi connectivity index (χ4v) is 9.56. The number of aromatic hydroxyl groups is 1. The lowest BCUT2D eigenvalue weighted by atomic mass is 9.49. The molecule has 3 fully saturated rings. The number of fused-ring (bicyclic) bond motifs is 4. The second kappa shape index (κ2) is 14.3. The predicted molar refractivity (Wildman–Crippen MR) is 200 cm³/mol. The molecule has 2 aliphatic carbocycles. The predicted octanol–water partition coefficient (Wildman–Crippen LogP) is 8.76. The molecule has 1 aromatic heterocycles. The molecule has 59 heavy (non-hydrogen) atoms. The number of hydrogen-bond acceptors (Lipinski definition) is 8. The van der Waals surface area contributed by atoms with E-state index in [4.69, 9.17) is 23.2 Å². The Morgan fingerprint density at radius 3 is 2.22 bits per heavy atom. The van der Waals surface area contributed by atoms with Crippen molar-refractivity contribution in [2.75, 3.05) is 10.3 Å². The van der Waals surface area contributed by atoms with Crippen LogP contribution in [0.15, 0.2) is 90.6 Å². The van der Waals surface area contributed by atoms with Crippen molar-refractivity contribution in [2.45, 2.75) is 50.1 Å². The maximum atomic E-state index is 15.3. The Kier molecular flexibility index (Phi) is 9.73. The van der Waals surface area contributed by atoms with E-state index in [1.54, 1.807) is 30.3 Å². The number of aromatic nitrogens is 1. The number of hydrogen-bond donors (Lipinski definition) is 2. The van der Waals surface area contributed by atoms with Crippen molar-refractivity contribution in [1.82, 2.24) is 9.99 Å². The van der Waals surface area contributed by atoms with Gasteiger partial charge in [0, 0.05) is 22.7 Å². The van der Waals surface area contributed by atoms with E-state index in [-0.39, 0.29) is 34.6 Å². The molecule has 6 unspecified atom stereocenters. The monoisotopic (exact) mass is 858 g/mol. The van der Waals surface area contributed by atoms with Crippen LogP contribution >= 0.6 is 23.2 Å². The van der Waals surface area contributed by atoms with Gasteiger partial charge in [-0.2, -0.15) is 18.2 Å². The molecule has 0 bridgehead atoms. The zero-order valence-corrected chi connectivity index (χ0v) is 32.0. The molecule has 2 aliphatic heterocycles. The third kappa shape index (κ3) is 6.56. The van der Waals surface area contributed by atoms with Gasteiger partial charge in [0.1, 0.15) is 11.5 Å². The van der Waals surface area contributed by atoms with E-state index in [1.807, 2.05) is 6.92 Å². The highest BCUT2D eigenvalue weighted by molar-refractivity contribution is 6.33. The first-order valence-corrected chi connectivity index (χ1v) is 19.0. The van der Waals surface area contributed by atoms with E-state index >= 15 is 4.79 Å². The summed E-state index contributed by atoms with van der Waals surface area (Å²) in [5.74, 6) is -11.0. The second-order valence-electron chi connectivity index (χ2n) is 14.7. The lowest BCUT2D eigenvalue weighted by Crippen LogP contribution is -2.53. The highest BCUT2D eigenvalue weighted by Crippen LogP contribution is 2.65. The number of nitrogens with zero attached hydrogens (tertiary/aromatic N) is 3. The van der Waals surface area contributed by atoms with Crippen LogP contribution in [0.3, 0.4) is 0 Å². The Morgan fingerprint density at radius 1 is 0.898 bits per heavy atom. The fraction of sp³-hybridized carbons (Fsp3) is 0.293. The number of hydrazine groups is 1. The molecule has 18 heteroatoms. The molecule has 2 N–H and O–H groups in total. The number of nitrogens with one attached hydrogen (secondary N) is 1. The molecule has 0 radical (unpaired) electrons. The summed E-state index contributed by atoms with van der Waals surface area (Å²) in [6.45, 7) is 1.94. The first-order valence-electron chi connectivity index (χ1n) is 18.2. The minimum absolute atomic E-state index is 0.0445. The molecule has 3 aromatic carbocycles. The summed E-state index contributed by atoms with van der Waals surface area (Å²) in [5.41, 5.74) is 0.531. The van der Waals surface area contributed by atoms with Crippen molar-refractivity contribution >= 4 is 58.3 Å². The average Bonchev–Trinajstić information content (AvgIpc) is 3.56. The van der Waals surface area contributed by atoms with Gasteiger partial charge in [-0.25, -0.2) is 4.98 Å². The maximum Gasteiger partial charge on any atom is 0.573 e. The van der Waals surface area contributed by atoms with Crippen LogP contribution < -0.4 is 15.1 Å². The van der Waals surface area contributed by atoms with Crippen LogP contribution in [-0.2, 0) is 37.2 Å². The summed E-state index contributed by atoms with van der Waals surface area (Å²) >= 11 is 12.5. The molecule has 1 saturated carbocycles. The minimum atomic E-state index is -5.18. The minimum Gasteiger partial charge on any atom is -0.508 e. The summed E-state index contributed by atoms with van der Waals surface area (Å²) in [6, 6.07) is 15.8. The van der Waals surface area contributed by atoms with Crippen LogP contribution in [0.2, 0.25) is 10.0 Å². The smallest absolute Gasteiger partial charge is 0.508 e. The number of allylic oxidation sites excluding steroid dienone is 2. The molecule has 10 nitrogen and oxygen atoms in total. The van der Waals surface area contributed by atoms with Crippen LogP contribution in [0.5, 0.6) is 11.5 Å². The summed E-state index contributed by atoms with van der Waals surface area (Å²) in [7, 11) is 0. The van der Waals surface area contributed by atoms with Gasteiger partial charge in [0.2, 0.25) is 11.8 Å². The zero-order valence-electron chi connectivity index (χ0n) is 30.4. The Bertz CT molecular complexity index is 2440. The number of anilines is 2. The van der Waals surface area contributed by atoms with E-state index < -0.39 is 99.1 Å². The molecule has 4 aromatic rings. The summed E-state index contributed by atoms with van der Waals surface area (Å²) in [5, 5.41) is 11.7. The summed E-state index contributed by atoms with van der Waals surface area (Å²) in [4.78, 5) is 63.6. The largest absolute Gasteiger partial charge is 0.573 e. The van der Waals surface area contributed by atoms with Crippen molar-refractivity contribution < 1.29 is 55.4 Å². The highest BCUT2D eigenvalue weighted by atomic mass is 35.5. The Balaban J connectivity index is 1.33. The number of benzene rings is 3. The van der Waals surface area contributed by atoms with Gasteiger partial charge in [0.05, 0.1) is 39.4 Å². The number of phenolic OH excluding ortho intramolecular Hbond substituents is 1. The molecule has 6 atom stereocenters. The second-order valence-corrected chi connectivity index (χ2v) is 15.6. The fourth-order valence-electron chi connectivity index (χ4n) is 9.22. The number of rotatable bonds is 7. The molecule has 306 valence electrons. The molecular formula is C41H30Cl2F6N4O6. The van der Waals surface area contributed by atoms with Gasteiger partial charge in [0.25, 0.3) is 11.8 Å². The molecule has 2 saturated heterocycles. The molecule has 8 rings (SSSR count). The number of amides is 4. The van der Waals surface area contributed by atoms with E-state index in [0.717, 1.165) is 28.7 Å². The first kappa shape index (κ1) is 40.2. The standard InChI is InChI=1S/C41H30Cl2F6N4O6/c1-2-19-3-9-23(10-4-19)52-35(55)26-13-12-25-27(32(26)37(52)57)17-29-36(56)53(51-34-30(43)15-21(18-50-34)40(44,45)46)38(58)39(29,20-5-7-22(42)8-6-20)33(25)28-16-24(11-14-31(28)54)59-41(47,48)49/h3-12,14-16,18,26-27,29,32-33,54H,2,13,17H2,1H3,(H,50,51). The van der Waals surface area contributed by atoms with Gasteiger partial charge in [0.15, 0.2) is 5.82 Å². The van der Waals surface area contributed by atoms with E-state index in [9.17, 15) is 45.8 Å². The Morgan fingerprint density at radius 2 is 1.59 bits per heavy atom. The van der Waals surface area contributed by atoms with Gasteiger partial charge in [-0.1, -0.05) is 66.0 Å². The van der Waals surface area contributed by atoms with Crippen LogP contribution in [0.25, 0.3) is 0 Å². The summed E-state index contributed by atoms with van der Waals surface area (Å²) in [6.07, 6.45) is -7.56. The Hall–Kier alpha value is -5.61. The van der Waals surface area contributed by atoms with Gasteiger partial charge < -0.3 is 9.84 Å². The quantitative estimate of drug-likeness (QED) is 0.107. The number of halogens is 8. The van der Waals surface area contributed by atoms with Gasteiger partial charge >= 0.3 is 12.5 Å². The normalized spacial score (nSPS) is 25.4. The van der Waals surface area contributed by atoms with E-state index in [1.165, 1.54) is 24.3 Å². The van der Waals surface area contributed by atoms with Gasteiger partial charge in [-0.15, -0.1) is 13.2 Å². The zero-order chi connectivity index (χ0) is 42.3. The van der Waals surface area contributed by atoms with Crippen LogP contribution in [0.4, 0.5) is 37.8 Å². The van der Waals surface area contributed by atoms with Crippen LogP contribution in [0.1, 0.15) is 47.9 Å². The number of aryl methyl sites for hydroxylation is 1. The number of imide groups is 2. The van der Waals surface area contributed by atoms with E-state index in [0.29, 0.717) is 29.4 Å². The number of alkyl halides is 6. The van der Waals surface area contributed by atoms with Crippen molar-refractivity contribution in [3.63, 3.8) is 0 Å². The maximum absolute atomic E-state index is 15.3. The van der Waals surface area contributed by atoms with Crippen molar-refractivity contribution in [3.05, 3.63) is 123 Å². The average molecular weight is 860 g/mol. The number of pyridine rings is 1. The van der Waals surface area contributed by atoms with Gasteiger partial charge in [-0.05, 0) is 84.8 Å². The van der Waals surface area contributed by atoms with Gasteiger partial charge in [-0.3, -0.25) is 29.5 Å². The van der Waals surface area contributed by atoms with Crippen LogP contribution in [0, 0.1) is 23.7 Å². The summed E-state index contributed by atoms with van der Waals surface area (Å²) < 4.78 is 85.7. The van der Waals surface area contributed by atoms with Crippen molar-refractivity contribution in [1.29, 1.82) is 0 Å². The van der Waals surface area contributed by atoms with E-state index in [2.05, 4.69) is 15.1 Å². The Labute approximate surface area is 341 Å². The van der Waals surface area contributed by atoms with Crippen molar-refractivity contribution in [2.24, 2.45) is 23.7 Å². The number of phenols is 1. The van der Waals surface area contributed by atoms with Crippen molar-refractivity contribution in [3.8, 4) is 11.5 Å². The molecule has 4 amide bonds. The molecule has 0 spiro atoms. The lowest BCUT2D eigenvalue weighted by Gasteiger charge is -2.50. The highest BCUT2D eigenvalue weighted by Gasteiger charge is 2.71. The first-order chi connectivity index (χ1) is 27.8. The topological polar surface area (TPSA) is 129 Å². The third-order valence-corrected chi connectivity index (χ3v) is 12.2. The number of ether oxygens (including phenoxy) is 1. The third-order valence-electron chi connectivity index (χ3n) is 11.7. The molecule has 3 heterocycles. The lowest BCUT2D eigenvalue weighted by molar-refractivity contribution is -0.274. The van der Waals surface area contributed by atoms with Crippen LogP contribution in [-0.4, -0.2) is 45.1 Å². The number of carbonyl (C=O) groups excluding carboxylic acids is 4.